The third-order valence-corrected chi connectivity index (χ3v) is 3.84. The van der Waals surface area contributed by atoms with Gasteiger partial charge >= 0.3 is 0 Å². The van der Waals surface area contributed by atoms with Crippen LogP contribution < -0.4 is 10.5 Å². The monoisotopic (exact) mass is 329 g/mol. The number of nitrogens with two attached hydrogens (primary N) is 1. The van der Waals surface area contributed by atoms with Crippen molar-refractivity contribution < 1.29 is 4.74 Å². The summed E-state index contributed by atoms with van der Waals surface area (Å²) in [5, 5.41) is 1.78. The summed E-state index contributed by atoms with van der Waals surface area (Å²) < 4.78 is 5.79. The molecular weight excluding hydrogens is 317 g/mol. The van der Waals surface area contributed by atoms with Gasteiger partial charge in [-0.05, 0) is 37.3 Å². The van der Waals surface area contributed by atoms with E-state index in [1.165, 1.54) is 0 Å². The van der Waals surface area contributed by atoms with Gasteiger partial charge in [0.25, 0.3) is 0 Å². The van der Waals surface area contributed by atoms with E-state index in [1.807, 2.05) is 6.92 Å². The summed E-state index contributed by atoms with van der Waals surface area (Å²) >= 11 is 18.2. The summed E-state index contributed by atoms with van der Waals surface area (Å²) in [6.07, 6.45) is 0. The van der Waals surface area contributed by atoms with Crippen LogP contribution >= 0.6 is 34.8 Å². The number of ether oxygens (including phenoxy) is 1. The zero-order chi connectivity index (χ0) is 14.7. The van der Waals surface area contributed by atoms with Crippen LogP contribution in [0.25, 0.3) is 0 Å². The lowest BCUT2D eigenvalue weighted by Gasteiger charge is -2.15. The fourth-order valence-electron chi connectivity index (χ4n) is 1.83. The van der Waals surface area contributed by atoms with E-state index in [2.05, 4.69) is 0 Å². The number of hydrogen-bond acceptors (Lipinski definition) is 2. The van der Waals surface area contributed by atoms with Gasteiger partial charge in [-0.3, -0.25) is 0 Å². The van der Waals surface area contributed by atoms with Gasteiger partial charge in [-0.2, -0.15) is 0 Å². The minimum atomic E-state index is -0.176. The molecule has 0 aliphatic rings. The summed E-state index contributed by atoms with van der Waals surface area (Å²) in [7, 11) is 0. The van der Waals surface area contributed by atoms with Gasteiger partial charge in [0.2, 0.25) is 0 Å². The van der Waals surface area contributed by atoms with Gasteiger partial charge in [-0.15, -0.1) is 0 Å². The first-order chi connectivity index (χ1) is 9.49. The Morgan fingerprint density at radius 1 is 1.10 bits per heavy atom. The second-order valence-electron chi connectivity index (χ2n) is 4.46. The molecular formula is C15H14Cl3NO. The van der Waals surface area contributed by atoms with E-state index in [1.54, 1.807) is 36.4 Å². The summed E-state index contributed by atoms with van der Waals surface area (Å²) in [5.41, 5.74) is 7.52. The van der Waals surface area contributed by atoms with Crippen LogP contribution in [-0.4, -0.2) is 0 Å². The average molecular weight is 331 g/mol. The quantitative estimate of drug-likeness (QED) is 0.831. The van der Waals surface area contributed by atoms with Crippen molar-refractivity contribution in [3.63, 3.8) is 0 Å². The summed E-state index contributed by atoms with van der Waals surface area (Å²) in [6.45, 7) is 2.15. The third-order valence-electron chi connectivity index (χ3n) is 2.90. The van der Waals surface area contributed by atoms with Crippen LogP contribution in [0.5, 0.6) is 5.75 Å². The molecule has 0 amide bonds. The topological polar surface area (TPSA) is 35.2 Å². The molecule has 2 N–H and O–H groups in total. The van der Waals surface area contributed by atoms with Crippen LogP contribution in [0.2, 0.25) is 15.1 Å². The lowest BCUT2D eigenvalue weighted by molar-refractivity contribution is 0.301. The van der Waals surface area contributed by atoms with E-state index < -0.39 is 0 Å². The van der Waals surface area contributed by atoms with Crippen LogP contribution in [0, 0.1) is 0 Å². The Labute approximate surface area is 133 Å². The number of halogens is 3. The molecule has 5 heteroatoms. The molecule has 20 heavy (non-hydrogen) atoms. The fraction of sp³-hybridized carbons (Fsp3) is 0.200. The highest BCUT2D eigenvalue weighted by Gasteiger charge is 2.11. The first kappa shape index (κ1) is 15.5. The summed E-state index contributed by atoms with van der Waals surface area (Å²) in [5.74, 6) is 0.681. The van der Waals surface area contributed by atoms with Gasteiger partial charge in [0.15, 0.2) is 0 Å². The predicted molar refractivity (Wildman–Crippen MR) is 84.8 cm³/mol. The molecule has 0 heterocycles. The molecule has 0 saturated heterocycles. The van der Waals surface area contributed by atoms with Crippen LogP contribution in [0.4, 0.5) is 0 Å². The van der Waals surface area contributed by atoms with E-state index >= 15 is 0 Å². The molecule has 0 aliphatic heterocycles. The molecule has 1 atom stereocenters. The zero-order valence-corrected chi connectivity index (χ0v) is 13.1. The van der Waals surface area contributed by atoms with Gasteiger partial charge < -0.3 is 10.5 Å². The van der Waals surface area contributed by atoms with Gasteiger partial charge in [0, 0.05) is 32.2 Å². The molecule has 0 spiro atoms. The van der Waals surface area contributed by atoms with E-state index in [0.29, 0.717) is 20.8 Å². The number of rotatable bonds is 4. The molecule has 1 unspecified atom stereocenters. The predicted octanol–water partition coefficient (Wildman–Crippen LogP) is 5.25. The number of hydrogen-bond donors (Lipinski definition) is 1. The molecule has 2 nitrogen and oxygen atoms in total. The summed E-state index contributed by atoms with van der Waals surface area (Å²) in [6, 6.07) is 10.5. The van der Waals surface area contributed by atoms with Gasteiger partial charge in [-0.25, -0.2) is 0 Å². The lowest BCUT2D eigenvalue weighted by atomic mass is 10.1. The Morgan fingerprint density at radius 3 is 2.35 bits per heavy atom. The Balaban J connectivity index is 2.23. The Hall–Kier alpha value is -0.930. The SMILES string of the molecule is CC(N)c1cc(Cl)ccc1OCc1c(Cl)cccc1Cl. The first-order valence-electron chi connectivity index (χ1n) is 6.09. The maximum absolute atomic E-state index is 6.11. The van der Waals surface area contributed by atoms with Gasteiger partial charge in [0.1, 0.15) is 12.4 Å². The van der Waals surface area contributed by atoms with E-state index in [-0.39, 0.29) is 12.6 Å². The molecule has 2 aromatic rings. The van der Waals surface area contributed by atoms with Crippen LogP contribution in [-0.2, 0) is 6.61 Å². The Morgan fingerprint density at radius 2 is 1.75 bits per heavy atom. The molecule has 2 aromatic carbocycles. The molecule has 0 saturated carbocycles. The van der Waals surface area contributed by atoms with Crippen molar-refractivity contribution in [2.75, 3.05) is 0 Å². The van der Waals surface area contributed by atoms with Crippen LogP contribution in [0.3, 0.4) is 0 Å². The molecule has 0 radical (unpaired) electrons. The highest BCUT2D eigenvalue weighted by Crippen LogP contribution is 2.30. The van der Waals surface area contributed by atoms with Crippen molar-refractivity contribution >= 4 is 34.8 Å². The van der Waals surface area contributed by atoms with Crippen molar-refractivity contribution in [2.24, 2.45) is 5.73 Å². The second-order valence-corrected chi connectivity index (χ2v) is 5.71. The first-order valence-corrected chi connectivity index (χ1v) is 7.23. The minimum Gasteiger partial charge on any atom is -0.488 e. The van der Waals surface area contributed by atoms with E-state index in [0.717, 1.165) is 11.1 Å². The summed E-state index contributed by atoms with van der Waals surface area (Å²) in [4.78, 5) is 0. The van der Waals surface area contributed by atoms with Crippen LogP contribution in [0.15, 0.2) is 36.4 Å². The smallest absolute Gasteiger partial charge is 0.124 e. The maximum Gasteiger partial charge on any atom is 0.124 e. The molecule has 0 aliphatic carbocycles. The average Bonchev–Trinajstić information content (AvgIpc) is 2.39. The van der Waals surface area contributed by atoms with Gasteiger partial charge in [0.05, 0.1) is 0 Å². The molecule has 0 bridgehead atoms. The normalized spacial score (nSPS) is 12.2. The molecule has 0 aromatic heterocycles. The van der Waals surface area contributed by atoms with Crippen LogP contribution in [0.1, 0.15) is 24.1 Å². The lowest BCUT2D eigenvalue weighted by Crippen LogP contribution is -2.08. The van der Waals surface area contributed by atoms with Crippen molar-refractivity contribution in [1.29, 1.82) is 0 Å². The van der Waals surface area contributed by atoms with E-state index in [9.17, 15) is 0 Å². The zero-order valence-electron chi connectivity index (χ0n) is 10.9. The maximum atomic E-state index is 6.11. The van der Waals surface area contributed by atoms with E-state index in [4.69, 9.17) is 45.3 Å². The standard InChI is InChI=1S/C15H14Cl3NO/c1-9(19)11-7-10(16)5-6-15(11)20-8-12-13(17)3-2-4-14(12)18/h2-7,9H,8,19H2,1H3. The second kappa shape index (κ2) is 6.68. The third kappa shape index (κ3) is 3.58. The molecule has 2 rings (SSSR count). The van der Waals surface area contributed by atoms with Crippen molar-refractivity contribution in [3.05, 3.63) is 62.6 Å². The van der Waals surface area contributed by atoms with Gasteiger partial charge in [-0.1, -0.05) is 40.9 Å². The fourth-order valence-corrected chi connectivity index (χ4v) is 2.51. The highest BCUT2D eigenvalue weighted by molar-refractivity contribution is 6.35. The molecule has 106 valence electrons. The van der Waals surface area contributed by atoms with Crippen molar-refractivity contribution in [1.82, 2.24) is 0 Å². The minimum absolute atomic E-state index is 0.176. The Kier molecular flexibility index (Phi) is 5.17. The molecule has 0 fully saturated rings. The Bertz CT molecular complexity index is 594. The highest BCUT2D eigenvalue weighted by atomic mass is 35.5. The number of benzene rings is 2. The largest absolute Gasteiger partial charge is 0.488 e. The van der Waals surface area contributed by atoms with Crippen molar-refractivity contribution in [2.45, 2.75) is 19.6 Å². The van der Waals surface area contributed by atoms with Crippen molar-refractivity contribution in [3.8, 4) is 5.75 Å².